The third kappa shape index (κ3) is 3.71. The van der Waals surface area contributed by atoms with Crippen molar-refractivity contribution in [3.8, 4) is 0 Å². The Morgan fingerprint density at radius 1 is 1.37 bits per heavy atom. The molecule has 1 saturated heterocycles. The van der Waals surface area contributed by atoms with Gasteiger partial charge in [-0.15, -0.1) is 0 Å². The van der Waals surface area contributed by atoms with Crippen LogP contribution in [0.25, 0.3) is 0 Å². The standard InChI is InChI=1S/C19H29N5O6/c1-2-3-4-5-11(26)15-16(28)18(29)23-7-10-17(22-19(23)21-15)24(9-20-10)14-6-12(27)13(8-25)30-14/h9,11-15,18,25-27,29H,2-8H2,1H3,(H,21,22)/t11-,12+,13-,14-,15+,18-/m1/s1. The Morgan fingerprint density at radius 2 is 2.17 bits per heavy atom. The number of aliphatic imine (C=N–C) groups is 1. The molecule has 5 N–H and O–H groups in total. The Labute approximate surface area is 174 Å². The van der Waals surface area contributed by atoms with Crippen LogP contribution in [0.1, 0.15) is 50.9 Å². The average molecular weight is 423 g/mol. The van der Waals surface area contributed by atoms with Gasteiger partial charge in [-0.3, -0.25) is 9.36 Å². The maximum atomic E-state index is 12.6. The van der Waals surface area contributed by atoms with Crippen LogP contribution in [-0.4, -0.2) is 83.8 Å². The highest BCUT2D eigenvalue weighted by Gasteiger charge is 2.44. The van der Waals surface area contributed by atoms with Gasteiger partial charge in [0.05, 0.1) is 31.7 Å². The molecule has 30 heavy (non-hydrogen) atoms. The molecule has 0 amide bonds. The van der Waals surface area contributed by atoms with Gasteiger partial charge in [-0.1, -0.05) is 26.2 Å². The zero-order valence-electron chi connectivity index (χ0n) is 16.9. The molecule has 0 aliphatic carbocycles. The fraction of sp³-hybridized carbons (Fsp3) is 0.737. The predicted molar refractivity (Wildman–Crippen MR) is 105 cm³/mol. The fourth-order valence-corrected chi connectivity index (χ4v) is 4.18. The molecule has 0 aromatic carbocycles. The van der Waals surface area contributed by atoms with Crippen molar-refractivity contribution in [3.63, 3.8) is 0 Å². The molecule has 6 atom stereocenters. The zero-order chi connectivity index (χ0) is 21.4. The van der Waals surface area contributed by atoms with E-state index in [-0.39, 0.29) is 19.1 Å². The first-order chi connectivity index (χ1) is 14.4. The zero-order valence-corrected chi connectivity index (χ0v) is 16.9. The van der Waals surface area contributed by atoms with Crippen molar-refractivity contribution < 1.29 is 30.0 Å². The smallest absolute Gasteiger partial charge is 0.209 e. The van der Waals surface area contributed by atoms with Crippen LogP contribution in [0, 0.1) is 0 Å². The van der Waals surface area contributed by atoms with Gasteiger partial charge in [0, 0.05) is 6.42 Å². The molecule has 4 rings (SSSR count). The van der Waals surface area contributed by atoms with Gasteiger partial charge >= 0.3 is 0 Å². The molecule has 1 aromatic rings. The number of Topliss-reactive ketones (excluding diaryl/α,β-unsaturated/α-hetero) is 1. The fourth-order valence-electron chi connectivity index (χ4n) is 4.18. The summed E-state index contributed by atoms with van der Waals surface area (Å²) in [7, 11) is 0. The number of hydrogen-bond acceptors (Lipinski definition) is 10. The number of nitrogens with one attached hydrogen (secondary N) is 1. The van der Waals surface area contributed by atoms with Crippen molar-refractivity contribution in [2.75, 3.05) is 11.9 Å². The summed E-state index contributed by atoms with van der Waals surface area (Å²) in [6.45, 7) is 1.94. The normalized spacial score (nSPS) is 31.8. The molecule has 11 heteroatoms. The van der Waals surface area contributed by atoms with Crippen LogP contribution < -0.4 is 5.32 Å². The van der Waals surface area contributed by atoms with E-state index in [0.29, 0.717) is 24.4 Å². The summed E-state index contributed by atoms with van der Waals surface area (Å²) in [5.74, 6) is 0.343. The third-order valence-electron chi connectivity index (χ3n) is 5.96. The van der Waals surface area contributed by atoms with E-state index in [0.717, 1.165) is 19.3 Å². The maximum Gasteiger partial charge on any atom is 0.209 e. The number of imidazole rings is 1. The molecule has 0 saturated carbocycles. The monoisotopic (exact) mass is 423 g/mol. The van der Waals surface area contributed by atoms with Crippen molar-refractivity contribution >= 4 is 17.6 Å². The number of anilines is 1. The van der Waals surface area contributed by atoms with E-state index in [2.05, 4.69) is 22.2 Å². The van der Waals surface area contributed by atoms with Gasteiger partial charge in [-0.2, -0.15) is 0 Å². The minimum atomic E-state index is -1.42. The number of aromatic nitrogens is 2. The number of hydrogen-bond donors (Lipinski definition) is 5. The molecule has 0 unspecified atom stereocenters. The van der Waals surface area contributed by atoms with Crippen LogP contribution in [0.15, 0.2) is 11.3 Å². The molecule has 4 heterocycles. The molecule has 3 aliphatic rings. The number of rotatable bonds is 7. The van der Waals surface area contributed by atoms with Gasteiger partial charge in [0.25, 0.3) is 0 Å². The lowest BCUT2D eigenvalue weighted by atomic mass is 9.98. The van der Waals surface area contributed by atoms with Crippen LogP contribution >= 0.6 is 0 Å². The second kappa shape index (κ2) is 8.60. The molecule has 1 fully saturated rings. The highest BCUT2D eigenvalue weighted by atomic mass is 16.5. The summed E-state index contributed by atoms with van der Waals surface area (Å²) in [6.07, 6.45) is 0.680. The number of fused-ring (bicyclic) bond motifs is 2. The van der Waals surface area contributed by atoms with Crippen molar-refractivity contribution in [2.45, 2.75) is 82.4 Å². The van der Waals surface area contributed by atoms with Gasteiger partial charge in [0.1, 0.15) is 29.9 Å². The molecular weight excluding hydrogens is 394 g/mol. The van der Waals surface area contributed by atoms with E-state index in [1.807, 2.05) is 0 Å². The average Bonchev–Trinajstić information content (AvgIpc) is 3.31. The summed E-state index contributed by atoms with van der Waals surface area (Å²) in [4.78, 5) is 22.8. The van der Waals surface area contributed by atoms with Crippen molar-refractivity contribution in [3.05, 3.63) is 12.0 Å². The number of carbonyl (C=O) groups is 1. The van der Waals surface area contributed by atoms with Gasteiger partial charge in [-0.25, -0.2) is 9.98 Å². The van der Waals surface area contributed by atoms with Crippen LogP contribution in [0.5, 0.6) is 0 Å². The number of aliphatic hydroxyl groups excluding tert-OH is 4. The van der Waals surface area contributed by atoms with E-state index in [1.165, 1.54) is 4.90 Å². The first-order valence-corrected chi connectivity index (χ1v) is 10.5. The molecule has 0 bridgehead atoms. The van der Waals surface area contributed by atoms with Crippen LogP contribution in [0.3, 0.4) is 0 Å². The minimum Gasteiger partial charge on any atom is -0.394 e. The number of unbranched alkanes of at least 4 members (excludes halogenated alkanes) is 2. The predicted octanol–water partition coefficient (Wildman–Crippen LogP) is -0.682. The van der Waals surface area contributed by atoms with E-state index in [4.69, 9.17) is 4.74 Å². The quantitative estimate of drug-likeness (QED) is 0.359. The lowest BCUT2D eigenvalue weighted by Crippen LogP contribution is -2.58. The molecule has 166 valence electrons. The minimum absolute atomic E-state index is 0.165. The molecule has 11 nitrogen and oxygen atoms in total. The Morgan fingerprint density at radius 3 is 2.87 bits per heavy atom. The van der Waals surface area contributed by atoms with E-state index < -0.39 is 42.6 Å². The number of carbonyl (C=O) groups excluding carboxylic acids is 1. The lowest BCUT2D eigenvalue weighted by Gasteiger charge is -2.39. The highest BCUT2D eigenvalue weighted by molar-refractivity contribution is 6.03. The second-order valence-electron chi connectivity index (χ2n) is 8.05. The number of ketones is 1. The summed E-state index contributed by atoms with van der Waals surface area (Å²) >= 11 is 0. The van der Waals surface area contributed by atoms with Crippen molar-refractivity contribution in [1.29, 1.82) is 0 Å². The third-order valence-corrected chi connectivity index (χ3v) is 5.96. The van der Waals surface area contributed by atoms with Crippen LogP contribution in [0.2, 0.25) is 0 Å². The number of guanidine groups is 1. The largest absolute Gasteiger partial charge is 0.394 e. The SMILES string of the molecule is CCCCC[C@@H](O)[C@@H]1N=C2Nc3c(ncn3[C@H]3C[C@H](O)[C@@H](CO)O3)CN2[C@H](O)C1=O. The van der Waals surface area contributed by atoms with Gasteiger partial charge in [-0.05, 0) is 6.42 Å². The highest BCUT2D eigenvalue weighted by Crippen LogP contribution is 2.35. The van der Waals surface area contributed by atoms with Gasteiger partial charge < -0.3 is 35.4 Å². The Balaban J connectivity index is 1.56. The molecule has 0 radical (unpaired) electrons. The summed E-state index contributed by atoms with van der Waals surface area (Å²) in [6, 6.07) is -1.03. The molecule has 3 aliphatic heterocycles. The summed E-state index contributed by atoms with van der Waals surface area (Å²) < 4.78 is 7.42. The first-order valence-electron chi connectivity index (χ1n) is 10.5. The molecular formula is C19H29N5O6. The topological polar surface area (TPSA) is 153 Å². The number of nitrogens with zero attached hydrogens (tertiary/aromatic N) is 4. The Bertz CT molecular complexity index is 813. The number of ether oxygens (including phenoxy) is 1. The molecule has 0 spiro atoms. The van der Waals surface area contributed by atoms with Gasteiger partial charge in [0.2, 0.25) is 11.7 Å². The van der Waals surface area contributed by atoms with E-state index in [1.54, 1.807) is 10.9 Å². The summed E-state index contributed by atoms with van der Waals surface area (Å²) in [5.41, 5.74) is 0.591. The summed E-state index contributed by atoms with van der Waals surface area (Å²) in [5, 5.41) is 43.5. The van der Waals surface area contributed by atoms with Crippen molar-refractivity contribution in [1.82, 2.24) is 14.5 Å². The van der Waals surface area contributed by atoms with Crippen LogP contribution in [0.4, 0.5) is 5.82 Å². The van der Waals surface area contributed by atoms with Crippen LogP contribution in [-0.2, 0) is 16.1 Å². The van der Waals surface area contributed by atoms with E-state index >= 15 is 0 Å². The number of aliphatic hydroxyl groups is 4. The maximum absolute atomic E-state index is 12.6. The Hall–Kier alpha value is -2.05. The van der Waals surface area contributed by atoms with E-state index in [9.17, 15) is 25.2 Å². The second-order valence-corrected chi connectivity index (χ2v) is 8.05. The molecule has 1 aromatic heterocycles. The Kier molecular flexibility index (Phi) is 6.07. The lowest BCUT2D eigenvalue weighted by molar-refractivity contribution is -0.139. The first kappa shape index (κ1) is 21.2. The van der Waals surface area contributed by atoms with Crippen molar-refractivity contribution in [2.24, 2.45) is 4.99 Å². The van der Waals surface area contributed by atoms with Gasteiger partial charge in [0.15, 0.2) is 6.23 Å².